The number of nitrogens with zero attached hydrogens (tertiary/aromatic N) is 2. The molecular weight excluding hydrogens is 402 g/mol. The van der Waals surface area contributed by atoms with E-state index in [9.17, 15) is 4.79 Å². The third-order valence-corrected chi connectivity index (χ3v) is 5.29. The molecule has 1 amide bonds. The molecule has 1 N–H and O–H groups in total. The maximum absolute atomic E-state index is 12.0. The zero-order chi connectivity index (χ0) is 23.3. The zero-order valence-corrected chi connectivity index (χ0v) is 20.1. The van der Waals surface area contributed by atoms with E-state index in [1.165, 1.54) is 5.56 Å². The number of likely N-dealkylation sites (N-methyl/N-ethyl adjacent to an activating group) is 1. The molecule has 0 unspecified atom stereocenters. The fraction of sp³-hybridized carbons (Fsp3) is 0.423. The van der Waals surface area contributed by atoms with Gasteiger partial charge in [-0.1, -0.05) is 30.4 Å². The van der Waals surface area contributed by atoms with Gasteiger partial charge in [-0.15, -0.1) is 0 Å². The van der Waals surface area contributed by atoms with Crippen molar-refractivity contribution in [2.24, 2.45) is 0 Å². The second kappa shape index (κ2) is 13.4. The molecule has 0 radical (unpaired) electrons. The molecule has 0 aliphatic heterocycles. The summed E-state index contributed by atoms with van der Waals surface area (Å²) in [5.74, 6) is 1.56. The number of benzene rings is 2. The van der Waals surface area contributed by atoms with E-state index in [-0.39, 0.29) is 5.91 Å². The summed E-state index contributed by atoms with van der Waals surface area (Å²) in [6.07, 6.45) is 6.15. The van der Waals surface area contributed by atoms with Crippen molar-refractivity contribution in [3.05, 3.63) is 59.7 Å². The van der Waals surface area contributed by atoms with Crippen LogP contribution in [0.25, 0.3) is 6.08 Å². The Labute approximate surface area is 192 Å². The van der Waals surface area contributed by atoms with Crippen LogP contribution in [0.3, 0.4) is 0 Å². The predicted octanol–water partition coefficient (Wildman–Crippen LogP) is 3.85. The van der Waals surface area contributed by atoms with Crippen LogP contribution >= 0.6 is 0 Å². The van der Waals surface area contributed by atoms with Gasteiger partial charge in [0.25, 0.3) is 0 Å². The van der Waals surface area contributed by atoms with Crippen LogP contribution in [0.5, 0.6) is 11.5 Å². The summed E-state index contributed by atoms with van der Waals surface area (Å²) in [6.45, 7) is 2.56. The highest BCUT2D eigenvalue weighted by Gasteiger charge is 2.06. The molecular formula is C26H37N3O3. The van der Waals surface area contributed by atoms with Crippen molar-refractivity contribution in [3.63, 3.8) is 0 Å². The van der Waals surface area contributed by atoms with Crippen LogP contribution in [0.4, 0.5) is 5.69 Å². The first-order chi connectivity index (χ1) is 15.4. The van der Waals surface area contributed by atoms with Gasteiger partial charge in [-0.25, -0.2) is 0 Å². The molecule has 0 heterocycles. The van der Waals surface area contributed by atoms with Gasteiger partial charge in [-0.2, -0.15) is 0 Å². The monoisotopic (exact) mass is 439 g/mol. The Morgan fingerprint density at radius 3 is 2.34 bits per heavy atom. The summed E-state index contributed by atoms with van der Waals surface area (Å²) in [4.78, 5) is 16.4. The highest BCUT2D eigenvalue weighted by molar-refractivity contribution is 5.78. The number of hydrogen-bond acceptors (Lipinski definition) is 5. The van der Waals surface area contributed by atoms with E-state index in [0.717, 1.165) is 48.7 Å². The number of nitrogens with one attached hydrogen (secondary N) is 1. The quantitative estimate of drug-likeness (QED) is 0.481. The van der Waals surface area contributed by atoms with Crippen LogP contribution in [0.1, 0.15) is 24.0 Å². The topological polar surface area (TPSA) is 54.0 Å². The van der Waals surface area contributed by atoms with E-state index < -0.39 is 0 Å². The summed E-state index contributed by atoms with van der Waals surface area (Å²) in [6, 6.07) is 14.3. The molecule has 0 bridgehead atoms. The lowest BCUT2D eigenvalue weighted by Crippen LogP contribution is -2.28. The van der Waals surface area contributed by atoms with E-state index in [2.05, 4.69) is 52.5 Å². The fourth-order valence-corrected chi connectivity index (χ4v) is 3.30. The molecule has 0 saturated carbocycles. The SMILES string of the molecule is COc1ccc(CCN(C)CCCNC(=O)C/C=C/c2ccc(N(C)C)cc2)cc1OC. The van der Waals surface area contributed by atoms with Gasteiger partial charge < -0.3 is 24.6 Å². The van der Waals surface area contributed by atoms with Gasteiger partial charge >= 0.3 is 0 Å². The normalized spacial score (nSPS) is 11.1. The second-order valence-electron chi connectivity index (χ2n) is 8.04. The molecule has 2 rings (SSSR count). The van der Waals surface area contributed by atoms with E-state index >= 15 is 0 Å². The Kier molecular flexibility index (Phi) is 10.6. The first-order valence-electron chi connectivity index (χ1n) is 11.0. The van der Waals surface area contributed by atoms with Gasteiger partial charge in [-0.3, -0.25) is 4.79 Å². The van der Waals surface area contributed by atoms with Crippen LogP contribution in [-0.2, 0) is 11.2 Å². The lowest BCUT2D eigenvalue weighted by atomic mass is 10.1. The maximum atomic E-state index is 12.0. The molecule has 6 nitrogen and oxygen atoms in total. The van der Waals surface area contributed by atoms with Gasteiger partial charge in [0.15, 0.2) is 11.5 Å². The molecule has 0 saturated heterocycles. The Morgan fingerprint density at radius 1 is 0.969 bits per heavy atom. The molecule has 6 heteroatoms. The van der Waals surface area contributed by atoms with Crippen LogP contribution in [0.15, 0.2) is 48.5 Å². The number of hydrogen-bond donors (Lipinski definition) is 1. The smallest absolute Gasteiger partial charge is 0.223 e. The molecule has 0 fully saturated rings. The summed E-state index contributed by atoms with van der Waals surface area (Å²) in [7, 11) is 9.44. The molecule has 2 aromatic carbocycles. The summed E-state index contributed by atoms with van der Waals surface area (Å²) >= 11 is 0. The lowest BCUT2D eigenvalue weighted by molar-refractivity contribution is -0.120. The number of ether oxygens (including phenoxy) is 2. The minimum absolute atomic E-state index is 0.0548. The zero-order valence-electron chi connectivity index (χ0n) is 20.1. The van der Waals surface area contributed by atoms with E-state index in [0.29, 0.717) is 13.0 Å². The Hall–Kier alpha value is -2.99. The van der Waals surface area contributed by atoms with Crippen LogP contribution in [0.2, 0.25) is 0 Å². The summed E-state index contributed by atoms with van der Waals surface area (Å²) in [5.41, 5.74) is 3.47. The van der Waals surface area contributed by atoms with Crippen molar-refractivity contribution >= 4 is 17.7 Å². The van der Waals surface area contributed by atoms with Gasteiger partial charge in [0, 0.05) is 39.3 Å². The number of carbonyl (C=O) groups excluding carboxylic acids is 1. The van der Waals surface area contributed by atoms with Crippen molar-refractivity contribution in [2.45, 2.75) is 19.3 Å². The minimum Gasteiger partial charge on any atom is -0.493 e. The van der Waals surface area contributed by atoms with Crippen LogP contribution in [-0.4, -0.2) is 65.8 Å². The van der Waals surface area contributed by atoms with Crippen molar-refractivity contribution < 1.29 is 14.3 Å². The molecule has 0 aliphatic carbocycles. The van der Waals surface area contributed by atoms with Crippen molar-refractivity contribution in [2.75, 3.05) is 59.9 Å². The number of rotatable bonds is 13. The van der Waals surface area contributed by atoms with Gasteiger partial charge in [-0.05, 0) is 61.8 Å². The van der Waals surface area contributed by atoms with E-state index in [1.807, 2.05) is 38.4 Å². The number of anilines is 1. The Morgan fingerprint density at radius 2 is 1.69 bits per heavy atom. The standard InChI is InChI=1S/C26H37N3O3/c1-28(2)23-13-10-21(11-14-23)8-6-9-26(30)27-17-7-18-29(3)19-16-22-12-15-24(31-4)25(20-22)32-5/h6,8,10-15,20H,7,9,16-19H2,1-5H3,(H,27,30)/b8-6+. The fourth-order valence-electron chi connectivity index (χ4n) is 3.30. The first kappa shape index (κ1) is 25.3. The van der Waals surface area contributed by atoms with Gasteiger partial charge in [0.1, 0.15) is 0 Å². The molecule has 0 aromatic heterocycles. The summed E-state index contributed by atoms with van der Waals surface area (Å²) in [5, 5.41) is 3.00. The first-order valence-corrected chi connectivity index (χ1v) is 11.0. The third-order valence-electron chi connectivity index (χ3n) is 5.29. The lowest BCUT2D eigenvalue weighted by Gasteiger charge is -2.17. The van der Waals surface area contributed by atoms with Crippen molar-refractivity contribution in [1.82, 2.24) is 10.2 Å². The van der Waals surface area contributed by atoms with Gasteiger partial charge in [0.05, 0.1) is 14.2 Å². The second-order valence-corrected chi connectivity index (χ2v) is 8.04. The molecule has 2 aromatic rings. The minimum atomic E-state index is 0.0548. The highest BCUT2D eigenvalue weighted by Crippen LogP contribution is 2.27. The van der Waals surface area contributed by atoms with Crippen molar-refractivity contribution in [1.29, 1.82) is 0 Å². The largest absolute Gasteiger partial charge is 0.493 e. The van der Waals surface area contributed by atoms with Crippen molar-refractivity contribution in [3.8, 4) is 11.5 Å². The molecule has 0 spiro atoms. The average Bonchev–Trinajstić information content (AvgIpc) is 2.80. The number of methoxy groups -OCH3 is 2. The summed E-state index contributed by atoms with van der Waals surface area (Å²) < 4.78 is 10.7. The predicted molar refractivity (Wildman–Crippen MR) is 133 cm³/mol. The van der Waals surface area contributed by atoms with E-state index in [4.69, 9.17) is 9.47 Å². The van der Waals surface area contributed by atoms with Crippen LogP contribution in [0, 0.1) is 0 Å². The molecule has 0 atom stereocenters. The van der Waals surface area contributed by atoms with E-state index in [1.54, 1.807) is 14.2 Å². The molecule has 174 valence electrons. The van der Waals surface area contributed by atoms with Crippen LogP contribution < -0.4 is 19.7 Å². The molecule has 32 heavy (non-hydrogen) atoms. The number of amides is 1. The Bertz CT molecular complexity index is 863. The van der Waals surface area contributed by atoms with Gasteiger partial charge in [0.2, 0.25) is 5.91 Å². The highest BCUT2D eigenvalue weighted by atomic mass is 16.5. The third kappa shape index (κ3) is 8.63. The number of carbonyl (C=O) groups is 1. The Balaban J connectivity index is 1.61. The maximum Gasteiger partial charge on any atom is 0.223 e. The molecule has 0 aliphatic rings. The average molecular weight is 440 g/mol.